The minimum atomic E-state index is -3.67. The van der Waals surface area contributed by atoms with E-state index in [0.717, 1.165) is 0 Å². The van der Waals surface area contributed by atoms with Crippen LogP contribution in [-0.2, 0) is 10.1 Å². The summed E-state index contributed by atoms with van der Waals surface area (Å²) in [5.74, 6) is 0. The topological polar surface area (TPSA) is 54.4 Å². The molecule has 1 radical (unpaired) electrons. The predicted molar refractivity (Wildman–Crippen MR) is 18.6 cm³/mol. The summed E-state index contributed by atoms with van der Waals surface area (Å²) in [5.41, 5.74) is 0. The van der Waals surface area contributed by atoms with Crippen LogP contribution in [0.1, 0.15) is 0 Å². The number of hydrogen-bond acceptors (Lipinski definition) is 2. The summed E-state index contributed by atoms with van der Waals surface area (Å²) in [6.07, 6.45) is 0.715. The summed E-state index contributed by atoms with van der Waals surface area (Å²) in [7, 11) is -3.67. The van der Waals surface area contributed by atoms with Gasteiger partial charge in [-0.2, -0.15) is 8.42 Å². The first kappa shape index (κ1) is 15.7. The molecule has 1 N–H and O–H groups in total. The second kappa shape index (κ2) is 5.33. The van der Waals surface area contributed by atoms with Gasteiger partial charge in [-0.25, -0.2) is 0 Å². The van der Waals surface area contributed by atoms with Gasteiger partial charge in [-0.05, 0) is 0 Å². The van der Waals surface area contributed by atoms with Gasteiger partial charge in [0.2, 0.25) is 0 Å². The maximum atomic E-state index is 9.19. The zero-order valence-electron chi connectivity index (χ0n) is 3.55. The minimum Gasteiger partial charge on any atom is -0.286 e. The third-order valence-electron chi connectivity index (χ3n) is 0. The van der Waals surface area contributed by atoms with Crippen molar-refractivity contribution in [2.75, 3.05) is 6.26 Å². The third kappa shape index (κ3) is 137. The van der Waals surface area contributed by atoms with Crippen molar-refractivity contribution in [1.29, 1.82) is 0 Å². The summed E-state index contributed by atoms with van der Waals surface area (Å²) in [4.78, 5) is 0. The molecule has 43 valence electrons. The van der Waals surface area contributed by atoms with E-state index in [1.54, 1.807) is 0 Å². The molecular formula is CH4FNdO3S. The van der Waals surface area contributed by atoms with E-state index < -0.39 is 10.1 Å². The Labute approximate surface area is 74.1 Å². The number of halogens is 1. The van der Waals surface area contributed by atoms with Gasteiger partial charge in [-0.15, -0.1) is 0 Å². The molecule has 0 aromatic rings. The average Bonchev–Trinajstić information content (AvgIpc) is 0.722. The molecule has 0 spiro atoms. The first-order valence-corrected chi connectivity index (χ1v) is 2.77. The van der Waals surface area contributed by atoms with Crippen molar-refractivity contribution in [3.8, 4) is 0 Å². The monoisotopic (exact) mass is 257 g/mol. The molecule has 0 aliphatic rings. The molecule has 0 fully saturated rings. The molecule has 0 aliphatic heterocycles. The van der Waals surface area contributed by atoms with Crippen LogP contribution >= 0.6 is 0 Å². The molecule has 0 amide bonds. The molecule has 0 aromatic heterocycles. The van der Waals surface area contributed by atoms with E-state index in [2.05, 4.69) is 0 Å². The Morgan fingerprint density at radius 3 is 1.43 bits per heavy atom. The van der Waals surface area contributed by atoms with Crippen LogP contribution in [-0.4, -0.2) is 19.2 Å². The molecule has 0 saturated heterocycles. The Hall–Kier alpha value is 1.19. The Morgan fingerprint density at radius 1 is 1.43 bits per heavy atom. The van der Waals surface area contributed by atoms with Gasteiger partial charge in [0.05, 0.1) is 6.26 Å². The van der Waals surface area contributed by atoms with Crippen molar-refractivity contribution in [2.45, 2.75) is 0 Å². The third-order valence-corrected chi connectivity index (χ3v) is 0. The summed E-state index contributed by atoms with van der Waals surface area (Å²) < 4.78 is 25.9. The van der Waals surface area contributed by atoms with Gasteiger partial charge < -0.3 is 0 Å². The normalized spacial score (nSPS) is 8.29. The summed E-state index contributed by atoms with van der Waals surface area (Å²) >= 11 is 0. The van der Waals surface area contributed by atoms with E-state index in [1.807, 2.05) is 0 Å². The van der Waals surface area contributed by atoms with Crippen LogP contribution in [0.5, 0.6) is 0 Å². The smallest absolute Gasteiger partial charge is 0.261 e. The summed E-state index contributed by atoms with van der Waals surface area (Å²) in [6.45, 7) is 0. The van der Waals surface area contributed by atoms with Gasteiger partial charge in [-0.3, -0.25) is 4.55 Å². The van der Waals surface area contributed by atoms with Crippen molar-refractivity contribution in [2.24, 2.45) is 0 Å². The maximum Gasteiger partial charge on any atom is 0.261 e. The van der Waals surface area contributed by atoms with Gasteiger partial charge >= 0.3 is 0 Å². The molecule has 0 aliphatic carbocycles. The second-order valence-electron chi connectivity index (χ2n) is 0.733. The molecular weight excluding hydrogens is 255 g/mol. The quantitative estimate of drug-likeness (QED) is 0.619. The maximum absolute atomic E-state index is 9.19. The SMILES string of the molecule is CS(=O)(=O)O.[F].[Nd]. The van der Waals surface area contributed by atoms with Crippen molar-refractivity contribution in [1.82, 2.24) is 0 Å². The first-order chi connectivity index (χ1) is 2.00. The largest absolute Gasteiger partial charge is 0.286 e. The van der Waals surface area contributed by atoms with Crippen molar-refractivity contribution in [3.63, 3.8) is 0 Å². The summed E-state index contributed by atoms with van der Waals surface area (Å²) in [6, 6.07) is 0. The van der Waals surface area contributed by atoms with E-state index in [-0.39, 0.29) is 45.5 Å². The van der Waals surface area contributed by atoms with E-state index in [0.29, 0.717) is 6.26 Å². The molecule has 0 bridgehead atoms. The molecule has 6 heteroatoms. The Kier molecular flexibility index (Phi) is 12.0. The van der Waals surface area contributed by atoms with Gasteiger partial charge in [0.1, 0.15) is 0 Å². The van der Waals surface area contributed by atoms with E-state index in [4.69, 9.17) is 4.55 Å². The van der Waals surface area contributed by atoms with Gasteiger partial charge in [0.25, 0.3) is 10.1 Å². The second-order valence-corrected chi connectivity index (χ2v) is 2.20. The van der Waals surface area contributed by atoms with Crippen molar-refractivity contribution < 1.29 is 58.5 Å². The molecule has 0 saturated carbocycles. The standard InChI is InChI=1S/CH4O3S.F.Nd/c1-5(2,3)4;;/h1H3,(H,2,3,4);;. The van der Waals surface area contributed by atoms with Gasteiger partial charge in [0, 0.05) is 45.5 Å². The van der Waals surface area contributed by atoms with E-state index in [1.165, 1.54) is 0 Å². The average molecular weight is 259 g/mol. The van der Waals surface area contributed by atoms with Crippen LogP contribution in [0.25, 0.3) is 0 Å². The van der Waals surface area contributed by atoms with Crippen LogP contribution < -0.4 is 0 Å². The van der Waals surface area contributed by atoms with Gasteiger partial charge in [0.15, 0.2) is 0 Å². The molecule has 0 atom stereocenters. The Morgan fingerprint density at radius 2 is 1.43 bits per heavy atom. The minimum absolute atomic E-state index is 0. The fourth-order valence-corrected chi connectivity index (χ4v) is 0. The number of hydrogen-bond donors (Lipinski definition) is 1. The molecule has 0 rings (SSSR count). The van der Waals surface area contributed by atoms with Crippen LogP contribution in [0.4, 0.5) is 4.70 Å². The van der Waals surface area contributed by atoms with Crippen LogP contribution in [0.3, 0.4) is 0 Å². The zero-order chi connectivity index (χ0) is 4.50. The Balaban J connectivity index is -0.0000000800. The van der Waals surface area contributed by atoms with E-state index in [9.17, 15) is 8.42 Å². The molecule has 0 heterocycles. The van der Waals surface area contributed by atoms with Crippen LogP contribution in [0, 0.1) is 40.8 Å². The van der Waals surface area contributed by atoms with Crippen LogP contribution in [0.2, 0.25) is 0 Å². The molecule has 0 aromatic carbocycles. The van der Waals surface area contributed by atoms with E-state index >= 15 is 0 Å². The fraction of sp³-hybridized carbons (Fsp3) is 1.00. The molecule has 0 unspecified atom stereocenters. The zero-order valence-corrected chi connectivity index (χ0v) is 7.57. The molecule has 7 heavy (non-hydrogen) atoms. The van der Waals surface area contributed by atoms with Crippen molar-refractivity contribution >= 4 is 10.1 Å². The summed E-state index contributed by atoms with van der Waals surface area (Å²) in [5, 5.41) is 0. The van der Waals surface area contributed by atoms with Gasteiger partial charge in [-0.1, -0.05) is 0 Å². The Bertz CT molecular complexity index is 98.1. The number of rotatable bonds is 0. The predicted octanol–water partition coefficient (Wildman–Crippen LogP) is -0.0758. The van der Waals surface area contributed by atoms with Crippen molar-refractivity contribution in [3.05, 3.63) is 0 Å². The molecule has 3 nitrogen and oxygen atoms in total. The fourth-order valence-electron chi connectivity index (χ4n) is 0. The first-order valence-electron chi connectivity index (χ1n) is 0.924. The van der Waals surface area contributed by atoms with Crippen LogP contribution in [0.15, 0.2) is 0 Å².